The molecule has 0 fully saturated rings. The summed E-state index contributed by atoms with van der Waals surface area (Å²) in [6.07, 6.45) is 0. The van der Waals surface area contributed by atoms with E-state index in [2.05, 4.69) is 15.9 Å². The second-order valence-corrected chi connectivity index (χ2v) is 4.72. The Balaban J connectivity index is 2.22. The summed E-state index contributed by atoms with van der Waals surface area (Å²) >= 11 is 3.40. The molecule has 0 spiro atoms. The summed E-state index contributed by atoms with van der Waals surface area (Å²) < 4.78 is 5.99. The first kappa shape index (κ1) is 12.8. The molecule has 0 aliphatic carbocycles. The van der Waals surface area contributed by atoms with Gasteiger partial charge in [0, 0.05) is 4.47 Å². The molecule has 18 heavy (non-hydrogen) atoms. The SMILES string of the molecule is CCOC(=O)c1ccc(-c2ccc(Br)cc2)cc1. The van der Waals surface area contributed by atoms with Gasteiger partial charge in [-0.05, 0) is 42.3 Å². The highest BCUT2D eigenvalue weighted by Crippen LogP contribution is 2.22. The van der Waals surface area contributed by atoms with E-state index in [-0.39, 0.29) is 5.97 Å². The predicted octanol–water partition coefficient (Wildman–Crippen LogP) is 4.29. The van der Waals surface area contributed by atoms with E-state index in [4.69, 9.17) is 4.74 Å². The van der Waals surface area contributed by atoms with Crippen molar-refractivity contribution in [2.24, 2.45) is 0 Å². The standard InChI is InChI=1S/C15H13BrO2/c1-2-18-15(17)13-5-3-11(4-6-13)12-7-9-14(16)10-8-12/h3-10H,2H2,1H3. The lowest BCUT2D eigenvalue weighted by Crippen LogP contribution is -2.03. The summed E-state index contributed by atoms with van der Waals surface area (Å²) in [5.74, 6) is -0.278. The van der Waals surface area contributed by atoms with Gasteiger partial charge in [0.25, 0.3) is 0 Å². The van der Waals surface area contributed by atoms with E-state index in [1.54, 1.807) is 19.1 Å². The van der Waals surface area contributed by atoms with Crippen molar-refractivity contribution in [2.75, 3.05) is 6.61 Å². The normalized spacial score (nSPS) is 10.1. The number of esters is 1. The number of hydrogen-bond donors (Lipinski definition) is 0. The quantitative estimate of drug-likeness (QED) is 0.791. The molecule has 0 aliphatic heterocycles. The monoisotopic (exact) mass is 304 g/mol. The molecule has 2 aromatic rings. The Kier molecular flexibility index (Phi) is 4.15. The van der Waals surface area contributed by atoms with Crippen LogP contribution in [-0.2, 0) is 4.74 Å². The van der Waals surface area contributed by atoms with Crippen LogP contribution in [0.1, 0.15) is 17.3 Å². The maximum Gasteiger partial charge on any atom is 0.338 e. The van der Waals surface area contributed by atoms with E-state index in [9.17, 15) is 4.79 Å². The molecule has 0 saturated carbocycles. The number of hydrogen-bond acceptors (Lipinski definition) is 2. The van der Waals surface area contributed by atoms with E-state index in [1.807, 2.05) is 36.4 Å². The number of carbonyl (C=O) groups excluding carboxylic acids is 1. The van der Waals surface area contributed by atoms with Gasteiger partial charge in [0.1, 0.15) is 0 Å². The van der Waals surface area contributed by atoms with Crippen molar-refractivity contribution in [1.82, 2.24) is 0 Å². The Morgan fingerprint density at radius 3 is 2.00 bits per heavy atom. The Morgan fingerprint density at radius 2 is 1.50 bits per heavy atom. The zero-order valence-electron chi connectivity index (χ0n) is 10.0. The van der Waals surface area contributed by atoms with Crippen molar-refractivity contribution in [3.8, 4) is 11.1 Å². The zero-order chi connectivity index (χ0) is 13.0. The third-order valence-electron chi connectivity index (χ3n) is 2.57. The van der Waals surface area contributed by atoms with Crippen LogP contribution < -0.4 is 0 Å². The molecule has 0 aromatic heterocycles. The summed E-state index contributed by atoms with van der Waals surface area (Å²) in [5.41, 5.74) is 2.78. The Hall–Kier alpha value is -1.61. The minimum Gasteiger partial charge on any atom is -0.462 e. The predicted molar refractivity (Wildman–Crippen MR) is 75.5 cm³/mol. The molecule has 2 rings (SSSR count). The molecule has 2 nitrogen and oxygen atoms in total. The number of carbonyl (C=O) groups is 1. The minimum absolute atomic E-state index is 0.278. The average Bonchev–Trinajstić information content (AvgIpc) is 2.40. The third kappa shape index (κ3) is 2.99. The highest BCUT2D eigenvalue weighted by atomic mass is 79.9. The van der Waals surface area contributed by atoms with Crippen LogP contribution >= 0.6 is 15.9 Å². The molecule has 92 valence electrons. The smallest absolute Gasteiger partial charge is 0.338 e. The van der Waals surface area contributed by atoms with Crippen molar-refractivity contribution in [1.29, 1.82) is 0 Å². The van der Waals surface area contributed by atoms with Gasteiger partial charge in [0.15, 0.2) is 0 Å². The summed E-state index contributed by atoms with van der Waals surface area (Å²) in [4.78, 5) is 11.5. The first-order valence-corrected chi connectivity index (χ1v) is 6.53. The van der Waals surface area contributed by atoms with Gasteiger partial charge in [-0.2, -0.15) is 0 Å². The fourth-order valence-corrected chi connectivity index (χ4v) is 1.92. The van der Waals surface area contributed by atoms with Crippen molar-refractivity contribution >= 4 is 21.9 Å². The van der Waals surface area contributed by atoms with Crippen LogP contribution in [0.15, 0.2) is 53.0 Å². The van der Waals surface area contributed by atoms with E-state index in [0.717, 1.165) is 15.6 Å². The molecule has 0 heterocycles. The molecule has 0 saturated heterocycles. The number of rotatable bonds is 3. The van der Waals surface area contributed by atoms with Gasteiger partial charge >= 0.3 is 5.97 Å². The lowest BCUT2D eigenvalue weighted by Gasteiger charge is -2.04. The molecule has 0 N–H and O–H groups in total. The van der Waals surface area contributed by atoms with Crippen molar-refractivity contribution in [2.45, 2.75) is 6.92 Å². The summed E-state index contributed by atoms with van der Waals surface area (Å²) in [6, 6.07) is 15.5. The van der Waals surface area contributed by atoms with E-state index >= 15 is 0 Å². The van der Waals surface area contributed by atoms with Gasteiger partial charge in [-0.1, -0.05) is 40.2 Å². The van der Waals surface area contributed by atoms with Gasteiger partial charge in [-0.3, -0.25) is 0 Å². The molecule has 0 bridgehead atoms. The molecule has 0 unspecified atom stereocenters. The highest BCUT2D eigenvalue weighted by Gasteiger charge is 2.06. The lowest BCUT2D eigenvalue weighted by molar-refractivity contribution is 0.0526. The van der Waals surface area contributed by atoms with E-state index in [1.165, 1.54) is 0 Å². The average molecular weight is 305 g/mol. The van der Waals surface area contributed by atoms with Gasteiger partial charge in [-0.15, -0.1) is 0 Å². The first-order chi connectivity index (χ1) is 8.70. The van der Waals surface area contributed by atoms with Gasteiger partial charge in [0.2, 0.25) is 0 Å². The first-order valence-electron chi connectivity index (χ1n) is 5.74. The van der Waals surface area contributed by atoms with Crippen molar-refractivity contribution in [3.63, 3.8) is 0 Å². The Bertz CT molecular complexity index is 529. The van der Waals surface area contributed by atoms with Crippen LogP contribution in [0.4, 0.5) is 0 Å². The number of ether oxygens (including phenoxy) is 1. The highest BCUT2D eigenvalue weighted by molar-refractivity contribution is 9.10. The van der Waals surface area contributed by atoms with Gasteiger partial charge in [0.05, 0.1) is 12.2 Å². The Morgan fingerprint density at radius 1 is 1.00 bits per heavy atom. The Labute approximate surface area is 115 Å². The van der Waals surface area contributed by atoms with Crippen LogP contribution in [0, 0.1) is 0 Å². The second kappa shape index (κ2) is 5.83. The molecule has 0 amide bonds. The largest absolute Gasteiger partial charge is 0.462 e. The third-order valence-corrected chi connectivity index (χ3v) is 3.10. The molecule has 0 atom stereocenters. The second-order valence-electron chi connectivity index (χ2n) is 3.80. The van der Waals surface area contributed by atoms with E-state index < -0.39 is 0 Å². The van der Waals surface area contributed by atoms with Crippen molar-refractivity contribution < 1.29 is 9.53 Å². The fourth-order valence-electron chi connectivity index (χ4n) is 1.66. The van der Waals surface area contributed by atoms with Crippen LogP contribution in [-0.4, -0.2) is 12.6 Å². The van der Waals surface area contributed by atoms with Crippen LogP contribution in [0.3, 0.4) is 0 Å². The van der Waals surface area contributed by atoms with E-state index in [0.29, 0.717) is 12.2 Å². The maximum absolute atomic E-state index is 11.5. The van der Waals surface area contributed by atoms with Gasteiger partial charge < -0.3 is 4.74 Å². The topological polar surface area (TPSA) is 26.3 Å². The zero-order valence-corrected chi connectivity index (χ0v) is 11.6. The molecule has 0 aliphatic rings. The van der Waals surface area contributed by atoms with Crippen molar-refractivity contribution in [3.05, 3.63) is 58.6 Å². The lowest BCUT2D eigenvalue weighted by atomic mass is 10.0. The molecule has 2 aromatic carbocycles. The van der Waals surface area contributed by atoms with Crippen LogP contribution in [0.2, 0.25) is 0 Å². The molecular weight excluding hydrogens is 292 g/mol. The van der Waals surface area contributed by atoms with Crippen LogP contribution in [0.5, 0.6) is 0 Å². The summed E-state index contributed by atoms with van der Waals surface area (Å²) in [7, 11) is 0. The molecule has 3 heteroatoms. The van der Waals surface area contributed by atoms with Gasteiger partial charge in [-0.25, -0.2) is 4.79 Å². The summed E-state index contributed by atoms with van der Waals surface area (Å²) in [6.45, 7) is 2.20. The number of halogens is 1. The minimum atomic E-state index is -0.278. The maximum atomic E-state index is 11.5. The summed E-state index contributed by atoms with van der Waals surface area (Å²) in [5, 5.41) is 0. The molecular formula is C15H13BrO2. The number of benzene rings is 2. The molecule has 0 radical (unpaired) electrons. The van der Waals surface area contributed by atoms with Crippen LogP contribution in [0.25, 0.3) is 11.1 Å². The fraction of sp³-hybridized carbons (Fsp3) is 0.133.